The Balaban J connectivity index is 1.93. The first-order valence-corrected chi connectivity index (χ1v) is 7.18. The van der Waals surface area contributed by atoms with Gasteiger partial charge in [-0.05, 0) is 44.5 Å². The van der Waals surface area contributed by atoms with Crippen molar-refractivity contribution in [3.8, 4) is 0 Å². The number of rotatable bonds is 1. The number of carbonyl (C=O) groups excluding carboxylic acids is 1. The number of hydrogen-bond acceptors (Lipinski definition) is 2. The highest BCUT2D eigenvalue weighted by atomic mass is 16.2. The number of nitrogens with zero attached hydrogens (tertiary/aromatic N) is 1. The van der Waals surface area contributed by atoms with Crippen LogP contribution < -0.4 is 5.32 Å². The Morgan fingerprint density at radius 2 is 2.15 bits per heavy atom. The molecule has 1 aromatic heterocycles. The van der Waals surface area contributed by atoms with Gasteiger partial charge in [0.05, 0.1) is 0 Å². The number of aromatic amines is 1. The standard InChI is InChI=1S/C16H21N3O/c1-10-9-19(7-6-17-10)16(20)13-4-5-15-14(8-13)11(2)12(3)18-15/h4-5,8,10,17-18H,6-7,9H2,1-3H3. The summed E-state index contributed by atoms with van der Waals surface area (Å²) in [5, 5.41) is 4.51. The Bertz CT molecular complexity index is 659. The largest absolute Gasteiger partial charge is 0.358 e. The maximum Gasteiger partial charge on any atom is 0.253 e. The second-order valence-corrected chi connectivity index (χ2v) is 5.74. The zero-order valence-electron chi connectivity index (χ0n) is 12.3. The Kier molecular flexibility index (Phi) is 3.26. The summed E-state index contributed by atoms with van der Waals surface area (Å²) in [7, 11) is 0. The molecule has 4 heteroatoms. The number of aromatic nitrogens is 1. The van der Waals surface area contributed by atoms with Crippen LogP contribution in [0.15, 0.2) is 18.2 Å². The van der Waals surface area contributed by atoms with Crippen molar-refractivity contribution >= 4 is 16.8 Å². The van der Waals surface area contributed by atoms with Crippen LogP contribution in [0.2, 0.25) is 0 Å². The molecule has 1 aliphatic rings. The third-order valence-corrected chi connectivity index (χ3v) is 4.21. The van der Waals surface area contributed by atoms with Crippen LogP contribution in [0.4, 0.5) is 0 Å². The molecule has 1 unspecified atom stereocenters. The molecule has 1 amide bonds. The fourth-order valence-corrected chi connectivity index (χ4v) is 2.89. The van der Waals surface area contributed by atoms with Crippen molar-refractivity contribution in [2.24, 2.45) is 0 Å². The van der Waals surface area contributed by atoms with Crippen LogP contribution in [0.1, 0.15) is 28.5 Å². The summed E-state index contributed by atoms with van der Waals surface area (Å²) in [6, 6.07) is 6.32. The summed E-state index contributed by atoms with van der Waals surface area (Å²) in [4.78, 5) is 17.9. The predicted molar refractivity (Wildman–Crippen MR) is 81.1 cm³/mol. The van der Waals surface area contributed by atoms with E-state index in [1.54, 1.807) is 0 Å². The number of nitrogens with one attached hydrogen (secondary N) is 2. The third kappa shape index (κ3) is 2.20. The van der Waals surface area contributed by atoms with Crippen LogP contribution in [0, 0.1) is 13.8 Å². The monoisotopic (exact) mass is 271 g/mol. The van der Waals surface area contributed by atoms with Crippen molar-refractivity contribution in [2.45, 2.75) is 26.8 Å². The van der Waals surface area contributed by atoms with E-state index in [1.165, 1.54) is 11.3 Å². The van der Waals surface area contributed by atoms with E-state index in [9.17, 15) is 4.79 Å². The van der Waals surface area contributed by atoms with Crippen LogP contribution in [0.25, 0.3) is 10.9 Å². The van der Waals surface area contributed by atoms with Crippen molar-refractivity contribution in [1.82, 2.24) is 15.2 Å². The van der Waals surface area contributed by atoms with Crippen LogP contribution in [0.3, 0.4) is 0 Å². The lowest BCUT2D eigenvalue weighted by atomic mass is 10.1. The lowest BCUT2D eigenvalue weighted by Crippen LogP contribution is -2.51. The number of benzene rings is 1. The number of aryl methyl sites for hydroxylation is 2. The SMILES string of the molecule is Cc1[nH]c2ccc(C(=O)N3CCNC(C)C3)cc2c1C. The number of fused-ring (bicyclic) bond motifs is 1. The second kappa shape index (κ2) is 4.94. The van der Waals surface area contributed by atoms with E-state index < -0.39 is 0 Å². The molecule has 4 nitrogen and oxygen atoms in total. The molecule has 1 atom stereocenters. The van der Waals surface area contributed by atoms with Gasteiger partial charge in [0.25, 0.3) is 5.91 Å². The summed E-state index contributed by atoms with van der Waals surface area (Å²) >= 11 is 0. The predicted octanol–water partition coefficient (Wildman–Crippen LogP) is 2.22. The van der Waals surface area contributed by atoms with Gasteiger partial charge in [-0.15, -0.1) is 0 Å². The van der Waals surface area contributed by atoms with E-state index in [-0.39, 0.29) is 5.91 Å². The molecule has 0 aliphatic carbocycles. The lowest BCUT2D eigenvalue weighted by molar-refractivity contribution is 0.0709. The topological polar surface area (TPSA) is 48.1 Å². The molecule has 2 N–H and O–H groups in total. The number of amides is 1. The van der Waals surface area contributed by atoms with Crippen LogP contribution in [-0.2, 0) is 0 Å². The van der Waals surface area contributed by atoms with E-state index >= 15 is 0 Å². The van der Waals surface area contributed by atoms with E-state index in [0.29, 0.717) is 6.04 Å². The number of hydrogen-bond donors (Lipinski definition) is 2. The smallest absolute Gasteiger partial charge is 0.253 e. The maximum absolute atomic E-state index is 12.6. The first kappa shape index (κ1) is 13.2. The minimum absolute atomic E-state index is 0.138. The first-order chi connectivity index (χ1) is 9.56. The van der Waals surface area contributed by atoms with Gasteiger partial charge in [0, 0.05) is 47.8 Å². The van der Waals surface area contributed by atoms with Crippen molar-refractivity contribution in [2.75, 3.05) is 19.6 Å². The average molecular weight is 271 g/mol. The molecule has 2 aromatic rings. The summed E-state index contributed by atoms with van der Waals surface area (Å²) in [6.07, 6.45) is 0. The highest BCUT2D eigenvalue weighted by Gasteiger charge is 2.22. The van der Waals surface area contributed by atoms with Gasteiger partial charge in [0.2, 0.25) is 0 Å². The Morgan fingerprint density at radius 1 is 1.35 bits per heavy atom. The second-order valence-electron chi connectivity index (χ2n) is 5.74. The highest BCUT2D eigenvalue weighted by molar-refractivity contribution is 5.99. The van der Waals surface area contributed by atoms with Gasteiger partial charge < -0.3 is 15.2 Å². The zero-order valence-corrected chi connectivity index (χ0v) is 12.3. The molecule has 0 spiro atoms. The quantitative estimate of drug-likeness (QED) is 0.835. The number of carbonyl (C=O) groups is 1. The van der Waals surface area contributed by atoms with Crippen LogP contribution >= 0.6 is 0 Å². The van der Waals surface area contributed by atoms with Crippen molar-refractivity contribution < 1.29 is 4.79 Å². The van der Waals surface area contributed by atoms with E-state index in [1.807, 2.05) is 23.1 Å². The summed E-state index contributed by atoms with van der Waals surface area (Å²) in [5.74, 6) is 0.138. The van der Waals surface area contributed by atoms with Gasteiger partial charge in [-0.2, -0.15) is 0 Å². The summed E-state index contributed by atoms with van der Waals surface area (Å²) < 4.78 is 0. The lowest BCUT2D eigenvalue weighted by Gasteiger charge is -2.32. The van der Waals surface area contributed by atoms with Gasteiger partial charge in [-0.25, -0.2) is 0 Å². The van der Waals surface area contributed by atoms with Gasteiger partial charge >= 0.3 is 0 Å². The maximum atomic E-state index is 12.6. The van der Waals surface area contributed by atoms with Gasteiger partial charge in [0.1, 0.15) is 0 Å². The Hall–Kier alpha value is -1.81. The van der Waals surface area contributed by atoms with E-state index in [0.717, 1.165) is 36.1 Å². The van der Waals surface area contributed by atoms with Crippen molar-refractivity contribution in [3.63, 3.8) is 0 Å². The molecule has 106 valence electrons. The average Bonchev–Trinajstić information content (AvgIpc) is 2.73. The van der Waals surface area contributed by atoms with Gasteiger partial charge in [0.15, 0.2) is 0 Å². The molecular weight excluding hydrogens is 250 g/mol. The molecule has 20 heavy (non-hydrogen) atoms. The Labute approximate surface area is 119 Å². The fourth-order valence-electron chi connectivity index (χ4n) is 2.89. The molecular formula is C16H21N3O. The molecule has 1 aliphatic heterocycles. The van der Waals surface area contributed by atoms with Gasteiger partial charge in [-0.1, -0.05) is 0 Å². The van der Waals surface area contributed by atoms with Gasteiger partial charge in [-0.3, -0.25) is 4.79 Å². The van der Waals surface area contributed by atoms with Crippen LogP contribution in [0.5, 0.6) is 0 Å². The first-order valence-electron chi connectivity index (χ1n) is 7.18. The molecule has 0 bridgehead atoms. The molecule has 2 heterocycles. The normalized spacial score (nSPS) is 19.6. The Morgan fingerprint density at radius 3 is 2.90 bits per heavy atom. The van der Waals surface area contributed by atoms with E-state index in [4.69, 9.17) is 0 Å². The van der Waals surface area contributed by atoms with Crippen molar-refractivity contribution in [3.05, 3.63) is 35.0 Å². The molecule has 1 fully saturated rings. The number of piperazine rings is 1. The summed E-state index contributed by atoms with van der Waals surface area (Å²) in [5.41, 5.74) is 4.28. The third-order valence-electron chi connectivity index (χ3n) is 4.21. The number of H-pyrrole nitrogens is 1. The minimum atomic E-state index is 0.138. The zero-order chi connectivity index (χ0) is 14.3. The molecule has 1 aromatic carbocycles. The molecule has 1 saturated heterocycles. The highest BCUT2D eigenvalue weighted by Crippen LogP contribution is 2.23. The minimum Gasteiger partial charge on any atom is -0.358 e. The molecule has 0 saturated carbocycles. The van der Waals surface area contributed by atoms with Crippen LogP contribution in [-0.4, -0.2) is 41.5 Å². The summed E-state index contributed by atoms with van der Waals surface area (Å²) in [6.45, 7) is 8.71. The van der Waals surface area contributed by atoms with Crippen molar-refractivity contribution in [1.29, 1.82) is 0 Å². The fraction of sp³-hybridized carbons (Fsp3) is 0.438. The molecule has 3 rings (SSSR count). The van der Waals surface area contributed by atoms with E-state index in [2.05, 4.69) is 31.1 Å². The molecule has 0 radical (unpaired) electrons.